The molecule has 0 bridgehead atoms. The van der Waals surface area contributed by atoms with Crippen LogP contribution in [0, 0.1) is 5.92 Å². The number of rotatable bonds is 5. The smallest absolute Gasteiger partial charge is 0.237 e. The molecule has 2 rings (SSSR count). The summed E-state index contributed by atoms with van der Waals surface area (Å²) in [6.45, 7) is 2.67. The van der Waals surface area contributed by atoms with Gasteiger partial charge in [-0.1, -0.05) is 25.7 Å². The summed E-state index contributed by atoms with van der Waals surface area (Å²) in [6, 6.07) is 0.220. The summed E-state index contributed by atoms with van der Waals surface area (Å²) in [6.07, 6.45) is 8.94. The topological polar surface area (TPSA) is 61.4 Å². The van der Waals surface area contributed by atoms with E-state index in [1.165, 1.54) is 19.3 Å². The fourth-order valence-corrected chi connectivity index (χ4v) is 3.25. The quantitative estimate of drug-likeness (QED) is 0.709. The summed E-state index contributed by atoms with van der Waals surface area (Å²) in [5.41, 5.74) is 0. The van der Waals surface area contributed by atoms with Gasteiger partial charge in [0, 0.05) is 12.6 Å². The maximum Gasteiger partial charge on any atom is 0.237 e. The molecule has 3 N–H and O–H groups in total. The largest absolute Gasteiger partial charge is 0.393 e. The normalized spacial score (nSPS) is 30.2. The van der Waals surface area contributed by atoms with Crippen molar-refractivity contribution in [3.05, 3.63) is 0 Å². The lowest BCUT2D eigenvalue weighted by Crippen LogP contribution is -2.48. The molecule has 2 aliphatic rings. The van der Waals surface area contributed by atoms with E-state index in [1.54, 1.807) is 0 Å². The van der Waals surface area contributed by atoms with Gasteiger partial charge in [0.25, 0.3) is 0 Å². The van der Waals surface area contributed by atoms with Crippen LogP contribution < -0.4 is 10.6 Å². The summed E-state index contributed by atoms with van der Waals surface area (Å²) >= 11 is 0. The number of hydrogen-bond donors (Lipinski definition) is 3. The van der Waals surface area contributed by atoms with Gasteiger partial charge in [-0.15, -0.1) is 0 Å². The molecule has 0 saturated heterocycles. The minimum Gasteiger partial charge on any atom is -0.393 e. The molecule has 2 fully saturated rings. The monoisotopic (exact) mass is 268 g/mol. The Morgan fingerprint density at radius 2 is 1.89 bits per heavy atom. The molecule has 0 aromatic rings. The molecule has 3 unspecified atom stereocenters. The van der Waals surface area contributed by atoms with Gasteiger partial charge in [-0.25, -0.2) is 0 Å². The Labute approximate surface area is 116 Å². The molecule has 0 aliphatic heterocycles. The first-order valence-electron chi connectivity index (χ1n) is 7.88. The van der Waals surface area contributed by atoms with Crippen LogP contribution in [-0.4, -0.2) is 35.7 Å². The number of carbonyl (C=O) groups excluding carboxylic acids is 1. The van der Waals surface area contributed by atoms with Gasteiger partial charge >= 0.3 is 0 Å². The summed E-state index contributed by atoms with van der Waals surface area (Å²) in [4.78, 5) is 12.1. The predicted molar refractivity (Wildman–Crippen MR) is 75.8 cm³/mol. The standard InChI is InChI=1S/C15H28N2O2/c1-11(16-10-12-6-5-9-14(12)18)15(19)17-13-7-3-2-4-8-13/h11-14,16,18H,2-10H2,1H3,(H,17,19). The SMILES string of the molecule is CC(NCC1CCCC1O)C(=O)NC1CCCCC1. The predicted octanol–water partition coefficient (Wildman–Crippen LogP) is 1.57. The average molecular weight is 268 g/mol. The van der Waals surface area contributed by atoms with Crippen molar-refractivity contribution in [2.45, 2.75) is 76.5 Å². The minimum absolute atomic E-state index is 0.111. The van der Waals surface area contributed by atoms with Crippen LogP contribution >= 0.6 is 0 Å². The molecule has 2 aliphatic carbocycles. The maximum atomic E-state index is 12.1. The van der Waals surface area contributed by atoms with E-state index in [1.807, 2.05) is 6.92 Å². The third kappa shape index (κ3) is 4.46. The Morgan fingerprint density at radius 3 is 2.53 bits per heavy atom. The van der Waals surface area contributed by atoms with E-state index in [0.29, 0.717) is 12.0 Å². The zero-order valence-corrected chi connectivity index (χ0v) is 12.0. The Kier molecular flexibility index (Phi) is 5.64. The van der Waals surface area contributed by atoms with Crippen LogP contribution in [0.1, 0.15) is 58.3 Å². The molecular formula is C15H28N2O2. The number of nitrogens with one attached hydrogen (secondary N) is 2. The van der Waals surface area contributed by atoms with E-state index in [2.05, 4.69) is 10.6 Å². The van der Waals surface area contributed by atoms with Gasteiger partial charge in [0.2, 0.25) is 5.91 Å². The molecule has 0 radical (unpaired) electrons. The van der Waals surface area contributed by atoms with Crippen molar-refractivity contribution < 1.29 is 9.90 Å². The van der Waals surface area contributed by atoms with Gasteiger partial charge in [-0.05, 0) is 38.5 Å². The molecule has 3 atom stereocenters. The molecule has 0 spiro atoms. The second-order valence-electron chi connectivity index (χ2n) is 6.23. The summed E-state index contributed by atoms with van der Waals surface area (Å²) < 4.78 is 0. The highest BCUT2D eigenvalue weighted by Gasteiger charge is 2.26. The van der Waals surface area contributed by atoms with Crippen molar-refractivity contribution in [2.75, 3.05) is 6.54 Å². The number of aliphatic hydroxyl groups excluding tert-OH is 1. The molecule has 2 saturated carbocycles. The highest BCUT2D eigenvalue weighted by atomic mass is 16.3. The van der Waals surface area contributed by atoms with Crippen LogP contribution in [0.3, 0.4) is 0 Å². The van der Waals surface area contributed by atoms with E-state index < -0.39 is 0 Å². The number of carbonyl (C=O) groups is 1. The first kappa shape index (κ1) is 14.8. The molecule has 4 heteroatoms. The zero-order valence-electron chi connectivity index (χ0n) is 12.0. The lowest BCUT2D eigenvalue weighted by molar-refractivity contribution is -0.123. The van der Waals surface area contributed by atoms with Crippen molar-refractivity contribution >= 4 is 5.91 Å². The van der Waals surface area contributed by atoms with Crippen molar-refractivity contribution in [2.24, 2.45) is 5.92 Å². The van der Waals surface area contributed by atoms with E-state index in [4.69, 9.17) is 0 Å². The Hall–Kier alpha value is -0.610. The van der Waals surface area contributed by atoms with Crippen molar-refractivity contribution in [1.82, 2.24) is 10.6 Å². The Bertz CT molecular complexity index is 290. The number of amides is 1. The van der Waals surface area contributed by atoms with E-state index in [-0.39, 0.29) is 18.1 Å². The molecule has 1 amide bonds. The number of hydrogen-bond acceptors (Lipinski definition) is 3. The minimum atomic E-state index is -0.180. The Morgan fingerprint density at radius 1 is 1.16 bits per heavy atom. The van der Waals surface area contributed by atoms with Crippen molar-refractivity contribution in [1.29, 1.82) is 0 Å². The maximum absolute atomic E-state index is 12.1. The molecule has 110 valence electrons. The zero-order chi connectivity index (χ0) is 13.7. The lowest BCUT2D eigenvalue weighted by Gasteiger charge is -2.25. The number of aliphatic hydroxyl groups is 1. The van der Waals surface area contributed by atoms with Crippen LogP contribution in [0.2, 0.25) is 0 Å². The molecule has 0 aromatic heterocycles. The van der Waals surface area contributed by atoms with Crippen molar-refractivity contribution in [3.63, 3.8) is 0 Å². The summed E-state index contributed by atoms with van der Waals surface area (Å²) in [5, 5.41) is 16.2. The molecular weight excluding hydrogens is 240 g/mol. The van der Waals surface area contributed by atoms with Crippen LogP contribution in [0.15, 0.2) is 0 Å². The molecule has 4 nitrogen and oxygen atoms in total. The lowest BCUT2D eigenvalue weighted by atomic mass is 9.95. The van der Waals surface area contributed by atoms with Gasteiger partial charge in [-0.2, -0.15) is 0 Å². The van der Waals surface area contributed by atoms with Crippen LogP contribution in [-0.2, 0) is 4.79 Å². The van der Waals surface area contributed by atoms with E-state index in [0.717, 1.165) is 38.6 Å². The van der Waals surface area contributed by atoms with Gasteiger partial charge < -0.3 is 15.7 Å². The van der Waals surface area contributed by atoms with Gasteiger partial charge in [0.05, 0.1) is 12.1 Å². The molecule has 19 heavy (non-hydrogen) atoms. The summed E-state index contributed by atoms with van der Waals surface area (Å²) in [7, 11) is 0. The average Bonchev–Trinajstić information content (AvgIpc) is 2.82. The first-order chi connectivity index (χ1) is 9.16. The molecule has 0 aromatic carbocycles. The first-order valence-corrected chi connectivity index (χ1v) is 7.88. The van der Waals surface area contributed by atoms with Crippen LogP contribution in [0.5, 0.6) is 0 Å². The third-order valence-electron chi connectivity index (χ3n) is 4.65. The summed E-state index contributed by atoms with van der Waals surface area (Å²) in [5.74, 6) is 0.435. The fourth-order valence-electron chi connectivity index (χ4n) is 3.25. The van der Waals surface area contributed by atoms with Crippen LogP contribution in [0.25, 0.3) is 0 Å². The second-order valence-corrected chi connectivity index (χ2v) is 6.23. The highest BCUT2D eigenvalue weighted by Crippen LogP contribution is 2.24. The fraction of sp³-hybridized carbons (Fsp3) is 0.933. The Balaban J connectivity index is 1.66. The highest BCUT2D eigenvalue weighted by molar-refractivity contribution is 5.81. The van der Waals surface area contributed by atoms with Crippen molar-refractivity contribution in [3.8, 4) is 0 Å². The third-order valence-corrected chi connectivity index (χ3v) is 4.65. The van der Waals surface area contributed by atoms with E-state index in [9.17, 15) is 9.90 Å². The van der Waals surface area contributed by atoms with Crippen LogP contribution in [0.4, 0.5) is 0 Å². The van der Waals surface area contributed by atoms with Gasteiger partial charge in [-0.3, -0.25) is 4.79 Å². The molecule has 0 heterocycles. The van der Waals surface area contributed by atoms with E-state index >= 15 is 0 Å². The second kappa shape index (κ2) is 7.25. The van der Waals surface area contributed by atoms with Gasteiger partial charge in [0.1, 0.15) is 0 Å². The van der Waals surface area contributed by atoms with Gasteiger partial charge in [0.15, 0.2) is 0 Å².